The van der Waals surface area contributed by atoms with E-state index in [1.165, 1.54) is 51.5 Å². The zero-order valence-corrected chi connectivity index (χ0v) is 13.4. The van der Waals surface area contributed by atoms with Crippen molar-refractivity contribution in [2.75, 3.05) is 6.54 Å². The average molecular weight is 253 g/mol. The molecule has 1 fully saturated rings. The molecule has 0 aromatic carbocycles. The maximum Gasteiger partial charge on any atom is 0.00966 e. The maximum atomic E-state index is 3.73. The zero-order chi connectivity index (χ0) is 13.6. The molecule has 1 aliphatic rings. The van der Waals surface area contributed by atoms with Gasteiger partial charge in [-0.3, -0.25) is 0 Å². The molecule has 0 aromatic heterocycles. The summed E-state index contributed by atoms with van der Waals surface area (Å²) in [4.78, 5) is 0. The van der Waals surface area contributed by atoms with Gasteiger partial charge in [0.1, 0.15) is 0 Å². The largest absolute Gasteiger partial charge is 0.312 e. The van der Waals surface area contributed by atoms with Crippen LogP contribution < -0.4 is 5.32 Å². The minimum Gasteiger partial charge on any atom is -0.312 e. The molecule has 0 bridgehead atoms. The van der Waals surface area contributed by atoms with Crippen molar-refractivity contribution in [3.63, 3.8) is 0 Å². The van der Waals surface area contributed by atoms with Gasteiger partial charge in [-0.1, -0.05) is 46.0 Å². The highest BCUT2D eigenvalue weighted by Gasteiger charge is 2.29. The summed E-state index contributed by atoms with van der Waals surface area (Å²) in [5.41, 5.74) is 0.275. The second kappa shape index (κ2) is 7.53. The van der Waals surface area contributed by atoms with Gasteiger partial charge in [0, 0.05) is 5.54 Å². The first kappa shape index (κ1) is 16.0. The van der Waals surface area contributed by atoms with E-state index < -0.39 is 0 Å². The molecule has 3 unspecified atom stereocenters. The molecule has 1 saturated carbocycles. The number of hydrogen-bond acceptors (Lipinski definition) is 1. The van der Waals surface area contributed by atoms with Gasteiger partial charge in [0.25, 0.3) is 0 Å². The van der Waals surface area contributed by atoms with Crippen molar-refractivity contribution in [2.24, 2.45) is 17.8 Å². The van der Waals surface area contributed by atoms with Crippen molar-refractivity contribution in [1.82, 2.24) is 5.32 Å². The maximum absolute atomic E-state index is 3.73. The lowest BCUT2D eigenvalue weighted by Crippen LogP contribution is -2.42. The lowest BCUT2D eigenvalue weighted by Gasteiger charge is -2.38. The van der Waals surface area contributed by atoms with E-state index in [1.54, 1.807) is 0 Å². The third-order valence-electron chi connectivity index (χ3n) is 4.50. The van der Waals surface area contributed by atoms with Gasteiger partial charge in [-0.15, -0.1) is 0 Å². The first-order valence-electron chi connectivity index (χ1n) is 8.21. The second-order valence-electron chi connectivity index (χ2n) is 7.41. The van der Waals surface area contributed by atoms with Gasteiger partial charge in [0.05, 0.1) is 0 Å². The fraction of sp³-hybridized carbons (Fsp3) is 1.00. The van der Waals surface area contributed by atoms with Crippen molar-refractivity contribution in [2.45, 2.75) is 85.1 Å². The molecule has 108 valence electrons. The van der Waals surface area contributed by atoms with E-state index in [0.29, 0.717) is 0 Å². The lowest BCUT2D eigenvalue weighted by molar-refractivity contribution is 0.151. The van der Waals surface area contributed by atoms with Crippen LogP contribution in [0.3, 0.4) is 0 Å². The van der Waals surface area contributed by atoms with Gasteiger partial charge in [-0.2, -0.15) is 0 Å². The van der Waals surface area contributed by atoms with Crippen LogP contribution in [-0.4, -0.2) is 12.1 Å². The van der Waals surface area contributed by atoms with Crippen LogP contribution in [0.1, 0.15) is 79.6 Å². The van der Waals surface area contributed by atoms with Crippen molar-refractivity contribution < 1.29 is 0 Å². The van der Waals surface area contributed by atoms with Crippen LogP contribution in [-0.2, 0) is 0 Å². The normalized spacial score (nSPS) is 29.5. The monoisotopic (exact) mass is 253 g/mol. The SMILES string of the molecule is CCCC1CCC(CNC(C)(C)C)C(CCC)C1. The van der Waals surface area contributed by atoms with Gasteiger partial charge < -0.3 is 5.32 Å². The van der Waals surface area contributed by atoms with Gasteiger partial charge in [-0.25, -0.2) is 0 Å². The number of rotatable bonds is 6. The zero-order valence-electron chi connectivity index (χ0n) is 13.4. The summed E-state index contributed by atoms with van der Waals surface area (Å²) >= 11 is 0. The van der Waals surface area contributed by atoms with E-state index in [9.17, 15) is 0 Å². The Labute approximate surface area is 115 Å². The molecule has 1 heteroatoms. The second-order valence-corrected chi connectivity index (χ2v) is 7.41. The Balaban J connectivity index is 2.45. The summed E-state index contributed by atoms with van der Waals surface area (Å²) in [5, 5.41) is 3.73. The molecule has 1 aliphatic carbocycles. The standard InChI is InChI=1S/C17H35N/c1-6-8-14-10-11-16(13-18-17(3,4)5)15(12-14)9-7-2/h14-16,18H,6-13H2,1-5H3. The highest BCUT2D eigenvalue weighted by molar-refractivity contribution is 4.83. The van der Waals surface area contributed by atoms with Crippen molar-refractivity contribution >= 4 is 0 Å². The van der Waals surface area contributed by atoms with Crippen LogP contribution in [0.5, 0.6) is 0 Å². The predicted octanol–water partition coefficient (Wildman–Crippen LogP) is 5.01. The molecule has 1 rings (SSSR count). The van der Waals surface area contributed by atoms with Gasteiger partial charge in [-0.05, 0) is 57.9 Å². The van der Waals surface area contributed by atoms with Crippen LogP contribution in [0.4, 0.5) is 0 Å². The molecule has 1 nitrogen and oxygen atoms in total. The topological polar surface area (TPSA) is 12.0 Å². The minimum absolute atomic E-state index is 0.275. The Kier molecular flexibility index (Phi) is 6.70. The van der Waals surface area contributed by atoms with Crippen molar-refractivity contribution in [3.8, 4) is 0 Å². The Hall–Kier alpha value is -0.0400. The molecule has 0 saturated heterocycles. The van der Waals surface area contributed by atoms with Crippen molar-refractivity contribution in [1.29, 1.82) is 0 Å². The summed E-state index contributed by atoms with van der Waals surface area (Å²) in [7, 11) is 0. The fourth-order valence-corrected chi connectivity index (χ4v) is 3.52. The van der Waals surface area contributed by atoms with Crippen molar-refractivity contribution in [3.05, 3.63) is 0 Å². The molecule has 1 N–H and O–H groups in total. The third kappa shape index (κ3) is 5.73. The Morgan fingerprint density at radius 2 is 1.61 bits per heavy atom. The smallest absolute Gasteiger partial charge is 0.00966 e. The Bertz CT molecular complexity index is 216. The van der Waals surface area contributed by atoms with E-state index in [4.69, 9.17) is 0 Å². The Morgan fingerprint density at radius 3 is 2.17 bits per heavy atom. The summed E-state index contributed by atoms with van der Waals surface area (Å²) in [6.07, 6.45) is 10.1. The Morgan fingerprint density at radius 1 is 0.944 bits per heavy atom. The van der Waals surface area contributed by atoms with E-state index in [-0.39, 0.29) is 5.54 Å². The van der Waals surface area contributed by atoms with Crippen LogP contribution in [0, 0.1) is 17.8 Å². The average Bonchev–Trinajstić information content (AvgIpc) is 2.28. The van der Waals surface area contributed by atoms with E-state index in [2.05, 4.69) is 39.9 Å². The summed E-state index contributed by atoms with van der Waals surface area (Å²) in [5.74, 6) is 2.94. The highest BCUT2D eigenvalue weighted by atomic mass is 14.9. The van der Waals surface area contributed by atoms with E-state index in [1.807, 2.05) is 0 Å². The van der Waals surface area contributed by atoms with Gasteiger partial charge >= 0.3 is 0 Å². The van der Waals surface area contributed by atoms with Gasteiger partial charge in [0.15, 0.2) is 0 Å². The highest BCUT2D eigenvalue weighted by Crippen LogP contribution is 2.38. The van der Waals surface area contributed by atoms with Crippen LogP contribution in [0.25, 0.3) is 0 Å². The summed E-state index contributed by atoms with van der Waals surface area (Å²) in [6.45, 7) is 12.8. The summed E-state index contributed by atoms with van der Waals surface area (Å²) < 4.78 is 0. The predicted molar refractivity (Wildman–Crippen MR) is 81.9 cm³/mol. The molecule has 0 spiro atoms. The molecule has 0 aromatic rings. The van der Waals surface area contributed by atoms with E-state index >= 15 is 0 Å². The molecular formula is C17H35N. The van der Waals surface area contributed by atoms with Crippen LogP contribution in [0.15, 0.2) is 0 Å². The number of hydrogen-bond donors (Lipinski definition) is 1. The first-order valence-corrected chi connectivity index (χ1v) is 8.21. The lowest BCUT2D eigenvalue weighted by atomic mass is 9.71. The molecule has 0 amide bonds. The molecule has 3 atom stereocenters. The van der Waals surface area contributed by atoms with Crippen LogP contribution in [0.2, 0.25) is 0 Å². The fourth-order valence-electron chi connectivity index (χ4n) is 3.52. The molecular weight excluding hydrogens is 218 g/mol. The first-order chi connectivity index (χ1) is 8.46. The number of nitrogens with one attached hydrogen (secondary N) is 1. The van der Waals surface area contributed by atoms with Crippen LogP contribution >= 0.6 is 0 Å². The molecule has 0 radical (unpaired) electrons. The molecule has 18 heavy (non-hydrogen) atoms. The quantitative estimate of drug-likeness (QED) is 0.702. The minimum atomic E-state index is 0.275. The molecule has 0 aliphatic heterocycles. The molecule has 0 heterocycles. The van der Waals surface area contributed by atoms with Gasteiger partial charge in [0.2, 0.25) is 0 Å². The van der Waals surface area contributed by atoms with E-state index in [0.717, 1.165) is 17.8 Å². The third-order valence-corrected chi connectivity index (χ3v) is 4.50. The summed E-state index contributed by atoms with van der Waals surface area (Å²) in [6, 6.07) is 0.